The highest BCUT2D eigenvalue weighted by atomic mass is 16.5. The van der Waals surface area contributed by atoms with Gasteiger partial charge in [0, 0.05) is 22.9 Å². The van der Waals surface area contributed by atoms with Gasteiger partial charge in [-0.05, 0) is 12.1 Å². The number of fused-ring (bicyclic) bond motifs is 2. The molecule has 0 radical (unpaired) electrons. The predicted molar refractivity (Wildman–Crippen MR) is 77.3 cm³/mol. The number of carbonyl (C=O) groups is 2. The van der Waals surface area contributed by atoms with Crippen LogP contribution in [0.4, 0.5) is 5.69 Å². The molecule has 0 unspecified atom stereocenters. The summed E-state index contributed by atoms with van der Waals surface area (Å²) in [5.41, 5.74) is 7.22. The molecule has 1 aliphatic carbocycles. The summed E-state index contributed by atoms with van der Waals surface area (Å²) in [5.74, 6) is 0.105. The minimum absolute atomic E-state index is 0.230. The molecule has 0 heterocycles. The van der Waals surface area contributed by atoms with Gasteiger partial charge in [-0.3, -0.25) is 9.59 Å². The van der Waals surface area contributed by atoms with E-state index in [1.807, 2.05) is 0 Å². The number of hydrogen-bond acceptors (Lipinski definition) is 5. The number of hydrogen-bond donors (Lipinski definition) is 1. The van der Waals surface area contributed by atoms with Crippen molar-refractivity contribution >= 4 is 17.3 Å². The second kappa shape index (κ2) is 4.63. The van der Waals surface area contributed by atoms with Gasteiger partial charge in [-0.15, -0.1) is 0 Å². The zero-order chi connectivity index (χ0) is 15.1. The topological polar surface area (TPSA) is 78.6 Å². The van der Waals surface area contributed by atoms with Gasteiger partial charge in [0.1, 0.15) is 11.5 Å². The van der Waals surface area contributed by atoms with E-state index in [1.165, 1.54) is 26.4 Å². The van der Waals surface area contributed by atoms with Gasteiger partial charge in [0.15, 0.2) is 5.78 Å². The Hall–Kier alpha value is -2.82. The lowest BCUT2D eigenvalue weighted by molar-refractivity contribution is 0.0974. The van der Waals surface area contributed by atoms with E-state index in [1.54, 1.807) is 18.2 Å². The molecule has 3 rings (SSSR count). The first-order valence-electron chi connectivity index (χ1n) is 6.32. The molecule has 5 heteroatoms. The molecule has 0 fully saturated rings. The third kappa shape index (κ3) is 1.78. The number of carbonyl (C=O) groups excluding carboxylic acids is 2. The highest BCUT2D eigenvalue weighted by Gasteiger charge is 2.34. The fraction of sp³-hybridized carbons (Fsp3) is 0.125. The molecule has 0 amide bonds. The smallest absolute Gasteiger partial charge is 0.201 e. The largest absolute Gasteiger partial charge is 0.496 e. The minimum atomic E-state index is -0.297. The molecule has 21 heavy (non-hydrogen) atoms. The van der Waals surface area contributed by atoms with E-state index in [0.29, 0.717) is 22.7 Å². The quantitative estimate of drug-likeness (QED) is 0.728. The molecule has 0 bridgehead atoms. The van der Waals surface area contributed by atoms with Crippen molar-refractivity contribution in [3.8, 4) is 11.5 Å². The van der Waals surface area contributed by atoms with Crippen molar-refractivity contribution in [2.24, 2.45) is 0 Å². The fourth-order valence-corrected chi connectivity index (χ4v) is 2.61. The second-order valence-electron chi connectivity index (χ2n) is 4.69. The number of anilines is 1. The Morgan fingerprint density at radius 2 is 1.52 bits per heavy atom. The van der Waals surface area contributed by atoms with Crippen molar-refractivity contribution < 1.29 is 19.1 Å². The number of ether oxygens (including phenoxy) is 2. The minimum Gasteiger partial charge on any atom is -0.496 e. The van der Waals surface area contributed by atoms with Crippen LogP contribution in [-0.2, 0) is 0 Å². The monoisotopic (exact) mass is 283 g/mol. The first-order chi connectivity index (χ1) is 10.1. The van der Waals surface area contributed by atoms with E-state index in [2.05, 4.69) is 0 Å². The Morgan fingerprint density at radius 3 is 2.19 bits per heavy atom. The van der Waals surface area contributed by atoms with Crippen molar-refractivity contribution in [1.29, 1.82) is 0 Å². The standard InChI is InChI=1S/C16H13NO4/c1-20-11-5-3-4-9-13(11)16(19)14-10(15(9)18)6-8(17)7-12(14)21-2/h3-7H,17H2,1-2H3. The average molecular weight is 283 g/mol. The number of ketones is 2. The van der Waals surface area contributed by atoms with Crippen LogP contribution in [-0.4, -0.2) is 25.8 Å². The molecule has 2 aromatic rings. The third-order valence-electron chi connectivity index (χ3n) is 3.53. The summed E-state index contributed by atoms with van der Waals surface area (Å²) >= 11 is 0. The molecule has 0 spiro atoms. The number of benzene rings is 2. The highest BCUT2D eigenvalue weighted by molar-refractivity contribution is 6.30. The van der Waals surface area contributed by atoms with Crippen LogP contribution in [0.2, 0.25) is 0 Å². The van der Waals surface area contributed by atoms with Gasteiger partial charge in [-0.1, -0.05) is 12.1 Å². The molecule has 0 atom stereocenters. The Balaban J connectivity index is 2.36. The number of nitrogen functional groups attached to an aromatic ring is 1. The molecule has 2 N–H and O–H groups in total. The summed E-state index contributed by atoms with van der Waals surface area (Å²) in [6, 6.07) is 7.97. The van der Waals surface area contributed by atoms with E-state index < -0.39 is 0 Å². The number of rotatable bonds is 2. The van der Waals surface area contributed by atoms with Crippen molar-refractivity contribution in [3.63, 3.8) is 0 Å². The van der Waals surface area contributed by atoms with E-state index in [4.69, 9.17) is 15.2 Å². The summed E-state index contributed by atoms with van der Waals surface area (Å²) in [6.07, 6.45) is 0. The lowest BCUT2D eigenvalue weighted by Crippen LogP contribution is -2.22. The van der Waals surface area contributed by atoms with Crippen molar-refractivity contribution in [2.75, 3.05) is 20.0 Å². The first kappa shape index (κ1) is 13.2. The molecule has 0 saturated carbocycles. The van der Waals surface area contributed by atoms with Crippen LogP contribution in [0.15, 0.2) is 30.3 Å². The van der Waals surface area contributed by atoms with E-state index in [9.17, 15) is 9.59 Å². The second-order valence-corrected chi connectivity index (χ2v) is 4.69. The molecular weight excluding hydrogens is 270 g/mol. The van der Waals surface area contributed by atoms with Gasteiger partial charge >= 0.3 is 0 Å². The van der Waals surface area contributed by atoms with Crippen molar-refractivity contribution in [2.45, 2.75) is 0 Å². The van der Waals surface area contributed by atoms with E-state index >= 15 is 0 Å². The molecule has 106 valence electrons. The van der Waals surface area contributed by atoms with Crippen LogP contribution >= 0.6 is 0 Å². The Kier molecular flexibility index (Phi) is 2.90. The maximum atomic E-state index is 12.8. The average Bonchev–Trinajstić information content (AvgIpc) is 2.50. The van der Waals surface area contributed by atoms with Gasteiger partial charge < -0.3 is 15.2 Å². The first-order valence-corrected chi connectivity index (χ1v) is 6.32. The third-order valence-corrected chi connectivity index (χ3v) is 3.53. The molecular formula is C16H13NO4. The predicted octanol–water partition coefficient (Wildman–Crippen LogP) is 2.06. The van der Waals surface area contributed by atoms with Crippen LogP contribution in [0.3, 0.4) is 0 Å². The molecule has 1 aliphatic rings. The van der Waals surface area contributed by atoms with Crippen LogP contribution in [0.1, 0.15) is 31.8 Å². The number of nitrogens with two attached hydrogens (primary N) is 1. The van der Waals surface area contributed by atoms with E-state index in [-0.39, 0.29) is 28.3 Å². The molecule has 0 aromatic heterocycles. The molecule has 2 aromatic carbocycles. The summed E-state index contributed by atoms with van der Waals surface area (Å²) in [4.78, 5) is 25.4. The SMILES string of the molecule is COc1cccc2c1C(=O)c1c(OC)cc(N)cc1C2=O. The molecule has 5 nitrogen and oxygen atoms in total. The van der Waals surface area contributed by atoms with Gasteiger partial charge in [0.2, 0.25) is 5.78 Å². The van der Waals surface area contributed by atoms with Gasteiger partial charge in [0.05, 0.1) is 25.3 Å². The summed E-state index contributed by atoms with van der Waals surface area (Å²) in [6.45, 7) is 0. The van der Waals surface area contributed by atoms with Crippen LogP contribution in [0.25, 0.3) is 0 Å². The van der Waals surface area contributed by atoms with Crippen LogP contribution in [0, 0.1) is 0 Å². The lowest BCUT2D eigenvalue weighted by Gasteiger charge is -2.21. The van der Waals surface area contributed by atoms with Crippen molar-refractivity contribution in [3.05, 3.63) is 52.6 Å². The Morgan fingerprint density at radius 1 is 0.857 bits per heavy atom. The Labute approximate surface area is 121 Å². The Bertz CT molecular complexity index is 780. The highest BCUT2D eigenvalue weighted by Crippen LogP contribution is 2.38. The van der Waals surface area contributed by atoms with Gasteiger partial charge in [0.25, 0.3) is 0 Å². The van der Waals surface area contributed by atoms with Gasteiger partial charge in [-0.25, -0.2) is 0 Å². The lowest BCUT2D eigenvalue weighted by atomic mass is 9.83. The fourth-order valence-electron chi connectivity index (χ4n) is 2.61. The van der Waals surface area contributed by atoms with E-state index in [0.717, 1.165) is 0 Å². The molecule has 0 saturated heterocycles. The van der Waals surface area contributed by atoms with Gasteiger partial charge in [-0.2, -0.15) is 0 Å². The zero-order valence-electron chi connectivity index (χ0n) is 11.6. The molecule has 0 aliphatic heterocycles. The maximum absolute atomic E-state index is 12.8. The summed E-state index contributed by atoms with van der Waals surface area (Å²) < 4.78 is 10.4. The van der Waals surface area contributed by atoms with Crippen LogP contribution in [0.5, 0.6) is 11.5 Å². The van der Waals surface area contributed by atoms with Crippen LogP contribution < -0.4 is 15.2 Å². The summed E-state index contributed by atoms with van der Waals surface area (Å²) in [5, 5.41) is 0. The summed E-state index contributed by atoms with van der Waals surface area (Å²) in [7, 11) is 2.90. The number of methoxy groups -OCH3 is 2. The van der Waals surface area contributed by atoms with Crippen molar-refractivity contribution in [1.82, 2.24) is 0 Å². The zero-order valence-corrected chi connectivity index (χ0v) is 11.6. The normalized spacial score (nSPS) is 12.7. The maximum Gasteiger partial charge on any atom is 0.201 e.